The third-order valence-electron chi connectivity index (χ3n) is 4.36. The lowest BCUT2D eigenvalue weighted by Gasteiger charge is -2.28. The number of pyridine rings is 1. The molecule has 1 aromatic heterocycles. The number of nitrogens with one attached hydrogen (secondary N) is 1. The molecular weight excluding hydrogens is 361 g/mol. The van der Waals surface area contributed by atoms with Gasteiger partial charge in [0.25, 0.3) is 0 Å². The van der Waals surface area contributed by atoms with E-state index in [0.717, 1.165) is 42.0 Å². The zero-order chi connectivity index (χ0) is 16.1. The maximum absolute atomic E-state index is 10.3. The minimum absolute atomic E-state index is 0. The number of anilines is 1. The Morgan fingerprint density at radius 3 is 2.72 bits per heavy atom. The van der Waals surface area contributed by atoms with Gasteiger partial charge in [0.05, 0.1) is 24.4 Å². The van der Waals surface area contributed by atoms with Gasteiger partial charge in [-0.05, 0) is 38.1 Å². The van der Waals surface area contributed by atoms with Gasteiger partial charge in [-0.15, -0.1) is 24.8 Å². The van der Waals surface area contributed by atoms with Crippen molar-refractivity contribution in [1.82, 2.24) is 9.88 Å². The highest BCUT2D eigenvalue weighted by atomic mass is 35.5. The fraction of sp³-hybridized carbons (Fsp3) is 0.500. The van der Waals surface area contributed by atoms with Crippen LogP contribution in [0.2, 0.25) is 0 Å². The average Bonchev–Trinajstić information content (AvgIpc) is 2.60. The van der Waals surface area contributed by atoms with Gasteiger partial charge in [0.1, 0.15) is 5.75 Å². The molecule has 0 bridgehead atoms. The summed E-state index contributed by atoms with van der Waals surface area (Å²) in [5.74, 6) is 0.790. The highest BCUT2D eigenvalue weighted by Gasteiger charge is 2.15. The SMILES string of the molecule is COc1cc(NCC(O)CN2CCCCC2)c2ncccc2c1.Cl.Cl. The van der Waals surface area contributed by atoms with Gasteiger partial charge in [-0.1, -0.05) is 12.5 Å². The molecule has 1 aliphatic rings. The van der Waals surface area contributed by atoms with Crippen LogP contribution in [0.15, 0.2) is 30.5 Å². The van der Waals surface area contributed by atoms with Gasteiger partial charge in [0, 0.05) is 30.7 Å². The van der Waals surface area contributed by atoms with Crippen LogP contribution in [0, 0.1) is 0 Å². The molecule has 1 aromatic carbocycles. The molecule has 7 heteroatoms. The maximum atomic E-state index is 10.3. The molecule has 25 heavy (non-hydrogen) atoms. The highest BCUT2D eigenvalue weighted by molar-refractivity contribution is 5.91. The second kappa shape index (κ2) is 10.7. The van der Waals surface area contributed by atoms with Gasteiger partial charge in [-0.25, -0.2) is 0 Å². The molecule has 5 nitrogen and oxygen atoms in total. The monoisotopic (exact) mass is 387 g/mol. The predicted octanol–water partition coefficient (Wildman–Crippen LogP) is 3.35. The number of fused-ring (bicyclic) bond motifs is 1. The molecule has 2 N–H and O–H groups in total. The lowest BCUT2D eigenvalue weighted by Crippen LogP contribution is -2.39. The van der Waals surface area contributed by atoms with Crippen molar-refractivity contribution in [1.29, 1.82) is 0 Å². The molecule has 0 radical (unpaired) electrons. The lowest BCUT2D eigenvalue weighted by atomic mass is 10.1. The predicted molar refractivity (Wildman–Crippen MR) is 108 cm³/mol. The summed E-state index contributed by atoms with van der Waals surface area (Å²) >= 11 is 0. The molecule has 0 saturated carbocycles. The van der Waals surface area contributed by atoms with Gasteiger partial charge in [-0.2, -0.15) is 0 Å². The normalized spacial score (nSPS) is 15.8. The number of hydrogen-bond acceptors (Lipinski definition) is 5. The topological polar surface area (TPSA) is 57.6 Å². The number of likely N-dealkylation sites (tertiary alicyclic amines) is 1. The number of aliphatic hydroxyl groups is 1. The van der Waals surface area contributed by atoms with Crippen molar-refractivity contribution in [2.75, 3.05) is 38.6 Å². The number of β-amino-alcohol motifs (C(OH)–C–C–N with tert-alkyl or cyclic N) is 1. The summed E-state index contributed by atoms with van der Waals surface area (Å²) in [5, 5.41) is 14.7. The number of aromatic nitrogens is 1. The summed E-state index contributed by atoms with van der Waals surface area (Å²) in [4.78, 5) is 6.79. The van der Waals surface area contributed by atoms with Crippen LogP contribution >= 0.6 is 24.8 Å². The summed E-state index contributed by atoms with van der Waals surface area (Å²) in [6.07, 6.45) is 5.18. The van der Waals surface area contributed by atoms with E-state index in [0.29, 0.717) is 6.54 Å². The molecule has 0 spiro atoms. The van der Waals surface area contributed by atoms with Crippen LogP contribution in [0.25, 0.3) is 10.9 Å². The van der Waals surface area contributed by atoms with Crippen LogP contribution in [-0.4, -0.2) is 54.4 Å². The fourth-order valence-corrected chi connectivity index (χ4v) is 3.15. The van der Waals surface area contributed by atoms with Crippen LogP contribution in [0.5, 0.6) is 5.75 Å². The zero-order valence-corrected chi connectivity index (χ0v) is 16.1. The Labute approximate surface area is 161 Å². The summed E-state index contributed by atoms with van der Waals surface area (Å²) in [6, 6.07) is 7.83. The van der Waals surface area contributed by atoms with E-state index in [1.165, 1.54) is 19.3 Å². The van der Waals surface area contributed by atoms with Crippen molar-refractivity contribution in [3.8, 4) is 5.75 Å². The second-order valence-corrected chi connectivity index (χ2v) is 6.15. The molecule has 140 valence electrons. The lowest BCUT2D eigenvalue weighted by molar-refractivity contribution is 0.110. The Morgan fingerprint density at radius 2 is 2.00 bits per heavy atom. The van der Waals surface area contributed by atoms with Crippen LogP contribution < -0.4 is 10.1 Å². The Hall–Kier alpha value is -1.27. The summed E-state index contributed by atoms with van der Waals surface area (Å²) in [6.45, 7) is 3.43. The van der Waals surface area contributed by atoms with E-state index < -0.39 is 6.10 Å². The van der Waals surface area contributed by atoms with Crippen LogP contribution in [0.3, 0.4) is 0 Å². The van der Waals surface area contributed by atoms with Crippen molar-refractivity contribution in [3.63, 3.8) is 0 Å². The molecule has 0 amide bonds. The van der Waals surface area contributed by atoms with Gasteiger partial charge >= 0.3 is 0 Å². The standard InChI is InChI=1S/C18H25N3O2.2ClH/c1-23-16-10-14-6-5-7-19-18(14)17(11-16)20-12-15(22)13-21-8-3-2-4-9-21;;/h5-7,10-11,15,20,22H,2-4,8-9,12-13H2,1H3;2*1H. The molecule has 3 rings (SSSR count). The number of nitrogens with zero attached hydrogens (tertiary/aromatic N) is 2. The van der Waals surface area contributed by atoms with Gasteiger partial charge in [-0.3, -0.25) is 4.98 Å². The molecule has 1 unspecified atom stereocenters. The molecule has 0 aliphatic carbocycles. The number of methoxy groups -OCH3 is 1. The number of ether oxygens (including phenoxy) is 1. The maximum Gasteiger partial charge on any atom is 0.121 e. The van der Waals surface area contributed by atoms with Crippen LogP contribution in [-0.2, 0) is 0 Å². The number of hydrogen-bond donors (Lipinski definition) is 2. The first-order valence-electron chi connectivity index (χ1n) is 8.33. The average molecular weight is 388 g/mol. The van der Waals surface area contributed by atoms with Crippen molar-refractivity contribution < 1.29 is 9.84 Å². The third-order valence-corrected chi connectivity index (χ3v) is 4.36. The molecule has 1 fully saturated rings. The van der Waals surface area contributed by atoms with Gasteiger partial charge in [0.15, 0.2) is 0 Å². The molecule has 1 saturated heterocycles. The Morgan fingerprint density at radius 1 is 1.24 bits per heavy atom. The Kier molecular flexibility index (Phi) is 9.28. The largest absolute Gasteiger partial charge is 0.497 e. The van der Waals surface area contributed by atoms with E-state index in [1.807, 2.05) is 24.3 Å². The van der Waals surface area contributed by atoms with Crippen LogP contribution in [0.4, 0.5) is 5.69 Å². The highest BCUT2D eigenvalue weighted by Crippen LogP contribution is 2.27. The molecule has 1 aliphatic heterocycles. The molecule has 1 atom stereocenters. The van der Waals surface area contributed by atoms with Crippen molar-refractivity contribution in [2.24, 2.45) is 0 Å². The number of rotatable bonds is 6. The third kappa shape index (κ3) is 5.89. The van der Waals surface area contributed by atoms with Crippen molar-refractivity contribution in [3.05, 3.63) is 30.5 Å². The van der Waals surface area contributed by atoms with E-state index in [1.54, 1.807) is 13.3 Å². The molecule has 2 aromatic rings. The van der Waals surface area contributed by atoms with E-state index in [9.17, 15) is 5.11 Å². The quantitative estimate of drug-likeness (QED) is 0.795. The number of halogens is 2. The first kappa shape index (κ1) is 21.8. The van der Waals surface area contributed by atoms with Crippen molar-refractivity contribution >= 4 is 41.4 Å². The number of aliphatic hydroxyl groups excluding tert-OH is 1. The van der Waals surface area contributed by atoms with E-state index in [2.05, 4.69) is 15.2 Å². The smallest absolute Gasteiger partial charge is 0.121 e. The molecule has 2 heterocycles. The fourth-order valence-electron chi connectivity index (χ4n) is 3.15. The van der Waals surface area contributed by atoms with Gasteiger partial charge in [0.2, 0.25) is 0 Å². The first-order valence-corrected chi connectivity index (χ1v) is 8.33. The summed E-state index contributed by atoms with van der Waals surface area (Å²) in [7, 11) is 1.66. The minimum atomic E-state index is -0.391. The summed E-state index contributed by atoms with van der Waals surface area (Å²) < 4.78 is 5.35. The number of benzene rings is 1. The van der Waals surface area contributed by atoms with E-state index in [-0.39, 0.29) is 24.8 Å². The minimum Gasteiger partial charge on any atom is -0.497 e. The zero-order valence-electron chi connectivity index (χ0n) is 14.5. The van der Waals surface area contributed by atoms with E-state index in [4.69, 9.17) is 4.74 Å². The van der Waals surface area contributed by atoms with Crippen LogP contribution in [0.1, 0.15) is 19.3 Å². The summed E-state index contributed by atoms with van der Waals surface area (Å²) in [5.41, 5.74) is 1.80. The van der Waals surface area contributed by atoms with Gasteiger partial charge < -0.3 is 20.1 Å². The van der Waals surface area contributed by atoms with Crippen molar-refractivity contribution in [2.45, 2.75) is 25.4 Å². The van der Waals surface area contributed by atoms with E-state index >= 15 is 0 Å². The first-order chi connectivity index (χ1) is 11.3. The molecular formula is C18H27Cl2N3O2. The second-order valence-electron chi connectivity index (χ2n) is 6.15. The number of piperidine rings is 1. The Bertz CT molecular complexity index is 651. The Balaban J connectivity index is 0.00000156.